The lowest BCUT2D eigenvalue weighted by atomic mass is 10.2. The van der Waals surface area contributed by atoms with Crippen molar-refractivity contribution in [3.63, 3.8) is 0 Å². The first-order chi connectivity index (χ1) is 16.9. The minimum Gasteiger partial charge on any atom is -0.497 e. The second-order valence-electron chi connectivity index (χ2n) is 7.69. The molecule has 1 N–H and O–H groups in total. The van der Waals surface area contributed by atoms with E-state index in [9.17, 15) is 9.59 Å². The number of aliphatic hydroxyl groups excluding tert-OH is 1. The predicted molar refractivity (Wildman–Crippen MR) is 131 cm³/mol. The van der Waals surface area contributed by atoms with E-state index in [0.29, 0.717) is 16.5 Å². The maximum Gasteiger partial charge on any atom is 0.332 e. The molecule has 0 saturated heterocycles. The van der Waals surface area contributed by atoms with E-state index >= 15 is 0 Å². The van der Waals surface area contributed by atoms with Gasteiger partial charge >= 0.3 is 11.7 Å². The fourth-order valence-electron chi connectivity index (χ4n) is 3.64. The minimum absolute atomic E-state index is 0.0274. The third-order valence-corrected chi connectivity index (χ3v) is 5.65. The van der Waals surface area contributed by atoms with E-state index in [-0.39, 0.29) is 50.1 Å². The van der Waals surface area contributed by atoms with Crippen LogP contribution in [0.4, 0.5) is 0 Å². The van der Waals surface area contributed by atoms with Crippen molar-refractivity contribution in [2.45, 2.75) is 13.1 Å². The second kappa shape index (κ2) is 10.8. The summed E-state index contributed by atoms with van der Waals surface area (Å²) < 4.78 is 20.6. The van der Waals surface area contributed by atoms with Crippen molar-refractivity contribution in [1.82, 2.24) is 18.7 Å². The summed E-state index contributed by atoms with van der Waals surface area (Å²) in [6.07, 6.45) is 0. The van der Waals surface area contributed by atoms with Crippen LogP contribution in [-0.2, 0) is 24.9 Å². The van der Waals surface area contributed by atoms with Crippen LogP contribution in [0.25, 0.3) is 11.2 Å². The number of halogens is 1. The summed E-state index contributed by atoms with van der Waals surface area (Å²) >= 11 is 6.04. The van der Waals surface area contributed by atoms with Gasteiger partial charge in [0.25, 0.3) is 5.56 Å². The first kappa shape index (κ1) is 24.5. The Kier molecular flexibility index (Phi) is 7.54. The van der Waals surface area contributed by atoms with Crippen LogP contribution in [0.1, 0.15) is 5.56 Å². The number of rotatable bonds is 10. The van der Waals surface area contributed by atoms with Crippen molar-refractivity contribution in [3.8, 4) is 17.5 Å². The number of nitrogens with zero attached hydrogens (tertiary/aromatic N) is 4. The molecule has 0 radical (unpaired) electrons. The van der Waals surface area contributed by atoms with Crippen molar-refractivity contribution in [3.05, 3.63) is 80.0 Å². The third-order valence-electron chi connectivity index (χ3n) is 5.40. The van der Waals surface area contributed by atoms with E-state index in [0.717, 1.165) is 10.1 Å². The van der Waals surface area contributed by atoms with Gasteiger partial charge in [-0.15, -0.1) is 0 Å². The number of hydrogen-bond acceptors (Lipinski definition) is 7. The smallest absolute Gasteiger partial charge is 0.332 e. The molecular formula is C24H25ClN4O6. The molecule has 0 unspecified atom stereocenters. The van der Waals surface area contributed by atoms with Crippen molar-refractivity contribution < 1.29 is 19.3 Å². The quantitative estimate of drug-likeness (QED) is 0.333. The molecule has 0 fully saturated rings. The van der Waals surface area contributed by atoms with Crippen LogP contribution in [0.2, 0.25) is 5.02 Å². The maximum atomic E-state index is 13.5. The Morgan fingerprint density at radius 3 is 2.49 bits per heavy atom. The van der Waals surface area contributed by atoms with E-state index in [1.165, 1.54) is 4.57 Å². The van der Waals surface area contributed by atoms with E-state index < -0.39 is 11.2 Å². The zero-order valence-corrected chi connectivity index (χ0v) is 20.1. The van der Waals surface area contributed by atoms with Crippen LogP contribution in [0.3, 0.4) is 0 Å². The Morgan fingerprint density at radius 1 is 1.03 bits per heavy atom. The fourth-order valence-corrected chi connectivity index (χ4v) is 3.76. The number of aryl methyl sites for hydroxylation is 1. The summed E-state index contributed by atoms with van der Waals surface area (Å²) in [6, 6.07) is 14.3. The van der Waals surface area contributed by atoms with Crippen LogP contribution in [0.15, 0.2) is 58.1 Å². The molecule has 0 amide bonds. The van der Waals surface area contributed by atoms with Crippen LogP contribution in [0.5, 0.6) is 17.5 Å². The second-order valence-corrected chi connectivity index (χ2v) is 8.13. The number of hydrogen-bond donors (Lipinski definition) is 1. The van der Waals surface area contributed by atoms with Gasteiger partial charge in [0.05, 0.1) is 40.0 Å². The normalized spacial score (nSPS) is 11.2. The highest BCUT2D eigenvalue weighted by Crippen LogP contribution is 2.27. The molecule has 0 atom stereocenters. The van der Waals surface area contributed by atoms with Crippen LogP contribution in [0, 0.1) is 0 Å². The topological polar surface area (TPSA) is 110 Å². The molecule has 0 saturated carbocycles. The van der Waals surface area contributed by atoms with Crippen molar-refractivity contribution in [2.75, 3.05) is 26.9 Å². The van der Waals surface area contributed by atoms with Gasteiger partial charge in [0.15, 0.2) is 11.2 Å². The molecule has 2 heterocycles. The average Bonchev–Trinajstić information content (AvgIpc) is 3.21. The van der Waals surface area contributed by atoms with Gasteiger partial charge in [0.2, 0.25) is 0 Å². The van der Waals surface area contributed by atoms with Gasteiger partial charge in [-0.25, -0.2) is 4.79 Å². The maximum absolute atomic E-state index is 13.5. The van der Waals surface area contributed by atoms with Crippen LogP contribution in [-0.4, -0.2) is 50.7 Å². The Morgan fingerprint density at radius 2 is 1.77 bits per heavy atom. The van der Waals surface area contributed by atoms with Gasteiger partial charge in [-0.2, -0.15) is 4.98 Å². The monoisotopic (exact) mass is 500 g/mol. The molecule has 4 aromatic rings. The van der Waals surface area contributed by atoms with Gasteiger partial charge in [-0.05, 0) is 29.8 Å². The molecule has 2 aromatic heterocycles. The number of methoxy groups -OCH3 is 1. The number of aromatic nitrogens is 4. The first-order valence-electron chi connectivity index (χ1n) is 10.9. The molecular weight excluding hydrogens is 476 g/mol. The lowest BCUT2D eigenvalue weighted by molar-refractivity contribution is 0.0858. The van der Waals surface area contributed by atoms with E-state index in [1.54, 1.807) is 55.1 Å². The number of fused-ring (bicyclic) bond motifs is 1. The van der Waals surface area contributed by atoms with E-state index in [1.807, 2.05) is 12.1 Å². The van der Waals surface area contributed by atoms with Crippen molar-refractivity contribution in [2.24, 2.45) is 7.05 Å². The van der Waals surface area contributed by atoms with Gasteiger partial charge < -0.3 is 19.3 Å². The molecule has 0 spiro atoms. The molecule has 0 aliphatic heterocycles. The summed E-state index contributed by atoms with van der Waals surface area (Å²) in [5, 5.41) is 9.50. The molecule has 10 nitrogen and oxygen atoms in total. The number of imidazole rings is 1. The molecule has 35 heavy (non-hydrogen) atoms. The highest BCUT2D eigenvalue weighted by Gasteiger charge is 2.22. The van der Waals surface area contributed by atoms with Gasteiger partial charge in [-0.3, -0.25) is 18.5 Å². The first-order valence-corrected chi connectivity index (χ1v) is 11.3. The standard InChI is InChI=1S/C24H25ClN4O6/c1-27-21-20(22(31)28(24(27)32)10-12-34-13-11-30)29(15-16-6-8-17(25)9-7-16)23(26-21)35-19-5-3-4-18(14-19)33-2/h3-9,14,30H,10-13,15H2,1-2H3. The Bertz CT molecular complexity index is 1440. The lowest BCUT2D eigenvalue weighted by Crippen LogP contribution is -2.40. The van der Waals surface area contributed by atoms with Crippen LogP contribution >= 0.6 is 11.6 Å². The number of aliphatic hydroxyl groups is 1. The van der Waals surface area contributed by atoms with Crippen molar-refractivity contribution >= 4 is 22.8 Å². The highest BCUT2D eigenvalue weighted by atomic mass is 35.5. The molecule has 0 aliphatic carbocycles. The summed E-state index contributed by atoms with van der Waals surface area (Å²) in [7, 11) is 3.10. The number of ether oxygens (including phenoxy) is 3. The molecule has 0 aliphatic rings. The zero-order valence-electron chi connectivity index (χ0n) is 19.3. The highest BCUT2D eigenvalue weighted by molar-refractivity contribution is 6.30. The van der Waals surface area contributed by atoms with Crippen molar-refractivity contribution in [1.29, 1.82) is 0 Å². The molecule has 2 aromatic carbocycles. The Hall–Kier alpha value is -3.60. The molecule has 11 heteroatoms. The van der Waals surface area contributed by atoms with E-state index in [4.69, 9.17) is 30.9 Å². The lowest BCUT2D eigenvalue weighted by Gasteiger charge is -2.12. The fraction of sp³-hybridized carbons (Fsp3) is 0.292. The van der Waals surface area contributed by atoms with Gasteiger partial charge in [-0.1, -0.05) is 29.8 Å². The Labute approximate surface area is 205 Å². The minimum atomic E-state index is -0.529. The Balaban J connectivity index is 1.86. The zero-order chi connectivity index (χ0) is 24.9. The average molecular weight is 501 g/mol. The van der Waals surface area contributed by atoms with E-state index in [2.05, 4.69) is 4.98 Å². The van der Waals surface area contributed by atoms with Gasteiger partial charge in [0, 0.05) is 18.1 Å². The third kappa shape index (κ3) is 5.24. The summed E-state index contributed by atoms with van der Waals surface area (Å²) in [5.41, 5.74) is 0.216. The SMILES string of the molecule is COc1cccc(Oc2nc3c(c(=O)n(CCOCCO)c(=O)n3C)n2Cc2ccc(Cl)cc2)c1. The molecule has 0 bridgehead atoms. The summed E-state index contributed by atoms with van der Waals surface area (Å²) in [5.74, 6) is 1.06. The van der Waals surface area contributed by atoms with Crippen LogP contribution < -0.4 is 20.7 Å². The molecule has 4 rings (SSSR count). The largest absolute Gasteiger partial charge is 0.497 e. The predicted octanol–water partition coefficient (Wildman–Crippen LogP) is 2.41. The summed E-state index contributed by atoms with van der Waals surface area (Å²) in [6.45, 7) is 0.343. The number of benzene rings is 2. The van der Waals surface area contributed by atoms with Gasteiger partial charge in [0.1, 0.15) is 11.5 Å². The molecule has 184 valence electrons. The summed E-state index contributed by atoms with van der Waals surface area (Å²) in [4.78, 5) is 30.9.